The zero-order valence-electron chi connectivity index (χ0n) is 10.2. The van der Waals surface area contributed by atoms with Crippen LogP contribution in [0.4, 0.5) is 11.4 Å². The van der Waals surface area contributed by atoms with Gasteiger partial charge in [0.25, 0.3) is 10.0 Å². The molecule has 19 heavy (non-hydrogen) atoms. The van der Waals surface area contributed by atoms with Crippen molar-refractivity contribution in [3.05, 3.63) is 42.5 Å². The van der Waals surface area contributed by atoms with Gasteiger partial charge in [0.2, 0.25) is 0 Å². The molecular formula is C11H13N5O2S. The van der Waals surface area contributed by atoms with Crippen LogP contribution in [0.2, 0.25) is 0 Å². The average Bonchev–Trinajstić information content (AvgIpc) is 2.38. The molecule has 0 spiro atoms. The maximum absolute atomic E-state index is 12.2. The third-order valence-electron chi connectivity index (χ3n) is 2.36. The molecule has 7 nitrogen and oxygen atoms in total. The highest BCUT2D eigenvalue weighted by atomic mass is 32.2. The molecule has 2 aromatic rings. The molecule has 0 aliphatic carbocycles. The van der Waals surface area contributed by atoms with Gasteiger partial charge < -0.3 is 5.43 Å². The van der Waals surface area contributed by atoms with Gasteiger partial charge in [0.15, 0.2) is 0 Å². The minimum atomic E-state index is -3.77. The Balaban J connectivity index is 2.38. The van der Waals surface area contributed by atoms with Crippen LogP contribution >= 0.6 is 0 Å². The van der Waals surface area contributed by atoms with Crippen LogP contribution in [0.15, 0.2) is 41.8 Å². The van der Waals surface area contributed by atoms with Crippen LogP contribution in [0, 0.1) is 6.92 Å². The van der Waals surface area contributed by atoms with Gasteiger partial charge in [0.1, 0.15) is 4.90 Å². The van der Waals surface area contributed by atoms with Crippen molar-refractivity contribution >= 4 is 21.4 Å². The van der Waals surface area contributed by atoms with E-state index in [1.54, 1.807) is 12.3 Å². The lowest BCUT2D eigenvalue weighted by atomic mass is 10.3. The van der Waals surface area contributed by atoms with E-state index in [-0.39, 0.29) is 10.6 Å². The zero-order valence-corrected chi connectivity index (χ0v) is 11.0. The Bertz CT molecular complexity index is 687. The molecule has 0 saturated heterocycles. The molecule has 100 valence electrons. The minimum Gasteiger partial charge on any atom is -0.323 e. The predicted molar refractivity (Wildman–Crippen MR) is 71.8 cm³/mol. The molecule has 0 aliphatic heterocycles. The summed E-state index contributed by atoms with van der Waals surface area (Å²) < 4.78 is 26.9. The van der Waals surface area contributed by atoms with Crippen molar-refractivity contribution in [3.63, 3.8) is 0 Å². The molecule has 2 aromatic heterocycles. The number of hydrazine groups is 1. The Labute approximate surface area is 110 Å². The molecule has 8 heteroatoms. The number of aromatic nitrogens is 2. The fourth-order valence-electron chi connectivity index (χ4n) is 1.53. The summed E-state index contributed by atoms with van der Waals surface area (Å²) >= 11 is 0. The fraction of sp³-hybridized carbons (Fsp3) is 0.0909. The monoisotopic (exact) mass is 279 g/mol. The second-order valence-corrected chi connectivity index (χ2v) is 5.52. The number of hydrogen-bond donors (Lipinski definition) is 3. The first-order valence-electron chi connectivity index (χ1n) is 5.38. The molecule has 4 N–H and O–H groups in total. The quantitative estimate of drug-likeness (QED) is 0.566. The maximum Gasteiger partial charge on any atom is 0.265 e. The van der Waals surface area contributed by atoms with Crippen LogP contribution in [0.5, 0.6) is 0 Å². The summed E-state index contributed by atoms with van der Waals surface area (Å²) in [6.45, 7) is 1.82. The van der Waals surface area contributed by atoms with Gasteiger partial charge in [-0.2, -0.15) is 0 Å². The van der Waals surface area contributed by atoms with Crippen LogP contribution in [0.1, 0.15) is 5.56 Å². The SMILES string of the molecule is Cc1cncc(NS(=O)(=O)c2cnccc2NN)c1. The Morgan fingerprint density at radius 2 is 2.00 bits per heavy atom. The van der Waals surface area contributed by atoms with Crippen molar-refractivity contribution in [3.8, 4) is 0 Å². The molecule has 0 atom stereocenters. The van der Waals surface area contributed by atoms with Crippen LogP contribution in [0.25, 0.3) is 0 Å². The van der Waals surface area contributed by atoms with Crippen LogP contribution in [-0.2, 0) is 10.0 Å². The van der Waals surface area contributed by atoms with E-state index < -0.39 is 10.0 Å². The zero-order chi connectivity index (χ0) is 13.9. The van der Waals surface area contributed by atoms with Gasteiger partial charge in [-0.25, -0.2) is 8.42 Å². The van der Waals surface area contributed by atoms with E-state index in [0.717, 1.165) is 5.56 Å². The molecule has 0 fully saturated rings. The lowest BCUT2D eigenvalue weighted by molar-refractivity contribution is 0.601. The third kappa shape index (κ3) is 2.98. The van der Waals surface area contributed by atoms with Gasteiger partial charge >= 0.3 is 0 Å². The molecule has 0 amide bonds. The number of pyridine rings is 2. The predicted octanol–water partition coefficient (Wildman–Crippen LogP) is 0.871. The second kappa shape index (κ2) is 5.21. The second-order valence-electron chi connectivity index (χ2n) is 3.87. The first-order valence-corrected chi connectivity index (χ1v) is 6.86. The summed E-state index contributed by atoms with van der Waals surface area (Å²) in [5, 5.41) is 0. The highest BCUT2D eigenvalue weighted by Gasteiger charge is 2.18. The summed E-state index contributed by atoms with van der Waals surface area (Å²) in [6.07, 6.45) is 5.73. The highest BCUT2D eigenvalue weighted by Crippen LogP contribution is 2.21. The van der Waals surface area contributed by atoms with E-state index in [2.05, 4.69) is 20.1 Å². The molecule has 0 aromatic carbocycles. The van der Waals surface area contributed by atoms with Crippen molar-refractivity contribution in [2.45, 2.75) is 11.8 Å². The Kier molecular flexibility index (Phi) is 3.63. The maximum atomic E-state index is 12.2. The van der Waals surface area contributed by atoms with E-state index >= 15 is 0 Å². The standard InChI is InChI=1S/C11H13N5O2S/c1-8-4-9(6-14-5-8)16-19(17,18)11-7-13-3-2-10(11)15-12/h2-7,16H,12H2,1H3,(H,13,15). The van der Waals surface area contributed by atoms with Gasteiger partial charge in [-0.3, -0.25) is 20.5 Å². The van der Waals surface area contributed by atoms with Gasteiger partial charge in [0.05, 0.1) is 17.6 Å². The molecule has 0 aliphatic rings. The van der Waals surface area contributed by atoms with Crippen LogP contribution in [-0.4, -0.2) is 18.4 Å². The van der Waals surface area contributed by atoms with E-state index in [0.29, 0.717) is 5.69 Å². The molecule has 0 saturated carbocycles. The number of nitrogens with one attached hydrogen (secondary N) is 2. The van der Waals surface area contributed by atoms with Gasteiger partial charge in [-0.15, -0.1) is 0 Å². The Morgan fingerprint density at radius 3 is 2.68 bits per heavy atom. The van der Waals surface area contributed by atoms with Crippen molar-refractivity contribution in [1.82, 2.24) is 9.97 Å². The highest BCUT2D eigenvalue weighted by molar-refractivity contribution is 7.92. The summed E-state index contributed by atoms with van der Waals surface area (Å²) in [4.78, 5) is 7.68. The summed E-state index contributed by atoms with van der Waals surface area (Å²) in [5.74, 6) is 5.28. The first kappa shape index (κ1) is 13.2. The van der Waals surface area contributed by atoms with Crippen LogP contribution in [0.3, 0.4) is 0 Å². The summed E-state index contributed by atoms with van der Waals surface area (Å²) in [7, 11) is -3.77. The fourth-order valence-corrected chi connectivity index (χ4v) is 2.68. The van der Waals surface area contributed by atoms with E-state index in [1.165, 1.54) is 24.7 Å². The Morgan fingerprint density at radius 1 is 1.21 bits per heavy atom. The average molecular weight is 279 g/mol. The van der Waals surface area contributed by atoms with E-state index in [1.807, 2.05) is 6.92 Å². The van der Waals surface area contributed by atoms with Gasteiger partial charge in [0, 0.05) is 18.6 Å². The van der Waals surface area contributed by atoms with E-state index in [4.69, 9.17) is 5.84 Å². The van der Waals surface area contributed by atoms with Gasteiger partial charge in [-0.1, -0.05) is 0 Å². The molecule has 2 heterocycles. The smallest absolute Gasteiger partial charge is 0.265 e. The number of rotatable bonds is 4. The first-order chi connectivity index (χ1) is 9.03. The molecular weight excluding hydrogens is 266 g/mol. The number of nitrogen functional groups attached to an aromatic ring is 1. The normalized spacial score (nSPS) is 11.1. The number of hydrogen-bond acceptors (Lipinski definition) is 6. The Hall–Kier alpha value is -2.19. The number of nitrogens with two attached hydrogens (primary N) is 1. The largest absolute Gasteiger partial charge is 0.323 e. The molecule has 0 unspecified atom stereocenters. The summed E-state index contributed by atoms with van der Waals surface area (Å²) in [5.41, 5.74) is 3.82. The number of anilines is 2. The third-order valence-corrected chi connectivity index (χ3v) is 3.77. The number of sulfonamides is 1. The molecule has 0 radical (unpaired) electrons. The molecule has 0 bridgehead atoms. The lowest BCUT2D eigenvalue weighted by Gasteiger charge is -2.11. The van der Waals surface area contributed by atoms with Crippen LogP contribution < -0.4 is 16.0 Å². The van der Waals surface area contributed by atoms with Crippen molar-refractivity contribution < 1.29 is 8.42 Å². The van der Waals surface area contributed by atoms with Crippen molar-refractivity contribution in [2.24, 2.45) is 5.84 Å². The van der Waals surface area contributed by atoms with Crippen molar-refractivity contribution in [1.29, 1.82) is 0 Å². The topological polar surface area (TPSA) is 110 Å². The van der Waals surface area contributed by atoms with Gasteiger partial charge in [-0.05, 0) is 24.6 Å². The minimum absolute atomic E-state index is 0.0287. The number of nitrogens with zero attached hydrogens (tertiary/aromatic N) is 2. The molecule has 2 rings (SSSR count). The summed E-state index contributed by atoms with van der Waals surface area (Å²) in [6, 6.07) is 3.15. The van der Waals surface area contributed by atoms with E-state index in [9.17, 15) is 8.42 Å². The number of aryl methyl sites for hydroxylation is 1. The lowest BCUT2D eigenvalue weighted by Crippen LogP contribution is -2.18. The van der Waals surface area contributed by atoms with Crippen molar-refractivity contribution in [2.75, 3.05) is 10.1 Å².